The summed E-state index contributed by atoms with van der Waals surface area (Å²) >= 11 is 0. The van der Waals surface area contributed by atoms with Crippen molar-refractivity contribution in [2.45, 2.75) is 142 Å². The molecule has 0 rings (SSSR count). The minimum absolute atomic E-state index is 0.0164. The lowest BCUT2D eigenvalue weighted by Crippen LogP contribution is -2.15. The van der Waals surface area contributed by atoms with Crippen LogP contribution in [0.3, 0.4) is 0 Å². The van der Waals surface area contributed by atoms with Crippen LogP contribution in [0.4, 0.5) is 0 Å². The van der Waals surface area contributed by atoms with Crippen molar-refractivity contribution < 1.29 is 23.3 Å². The molecule has 2 atom stereocenters. The average molecular weight is 534 g/mol. The average Bonchev–Trinajstić information content (AvgIpc) is 2.84. The molecule has 0 heterocycles. The summed E-state index contributed by atoms with van der Waals surface area (Å²) in [6.45, 7) is 5.36. The monoisotopic (exact) mass is 533 g/mol. The number of hydrogen-bond donors (Lipinski definition) is 1. The van der Waals surface area contributed by atoms with E-state index in [4.69, 9.17) is 9.05 Å². The molecule has 0 aliphatic carbocycles. The van der Waals surface area contributed by atoms with E-state index in [1.54, 1.807) is 0 Å². The molecule has 0 saturated heterocycles. The van der Waals surface area contributed by atoms with Crippen LogP contribution in [-0.2, 0) is 18.4 Å². The van der Waals surface area contributed by atoms with Gasteiger partial charge in [-0.3, -0.25) is 13.8 Å². The van der Waals surface area contributed by atoms with Gasteiger partial charge in [0.15, 0.2) is 0 Å². The maximum absolute atomic E-state index is 12.2. The zero-order valence-electron chi connectivity index (χ0n) is 24.3. The number of Topliss-reactive ketones (excluding diaryl/α,β-unsaturated/α-hetero) is 1. The Morgan fingerprint density at radius 2 is 1.25 bits per heavy atom. The second-order valence-corrected chi connectivity index (χ2v) is 12.3. The highest BCUT2D eigenvalue weighted by atomic mass is 31.2. The van der Waals surface area contributed by atoms with E-state index in [1.807, 2.05) is 21.0 Å². The molecule has 0 aliphatic heterocycles. The van der Waals surface area contributed by atoms with E-state index in [0.717, 1.165) is 32.2 Å². The predicted octanol–water partition coefficient (Wildman–Crippen LogP) is 8.71. The summed E-state index contributed by atoms with van der Waals surface area (Å²) in [6.07, 6.45) is 23.2. The molecule has 6 nitrogen and oxygen atoms in total. The minimum Gasteiger partial charge on any atom is -0.309 e. The van der Waals surface area contributed by atoms with E-state index in [2.05, 4.69) is 11.8 Å². The molecule has 0 amide bonds. The van der Waals surface area contributed by atoms with E-state index in [-0.39, 0.29) is 24.9 Å². The van der Waals surface area contributed by atoms with Gasteiger partial charge in [-0.15, -0.1) is 0 Å². The van der Waals surface area contributed by atoms with Crippen LogP contribution in [0.2, 0.25) is 0 Å². The van der Waals surface area contributed by atoms with Gasteiger partial charge in [0, 0.05) is 12.8 Å². The fraction of sp³-hybridized carbons (Fsp3) is 0.966. The van der Waals surface area contributed by atoms with Crippen molar-refractivity contribution in [2.24, 2.45) is 5.92 Å². The van der Waals surface area contributed by atoms with Gasteiger partial charge in [0.1, 0.15) is 5.78 Å². The molecular weight excluding hydrogens is 473 g/mol. The summed E-state index contributed by atoms with van der Waals surface area (Å²) in [6, 6.07) is 0. The van der Waals surface area contributed by atoms with Crippen LogP contribution in [0, 0.1) is 5.92 Å². The number of nitrogens with zero attached hydrogens (tertiary/aromatic N) is 1. The Hall–Kier alpha value is -0.260. The largest absolute Gasteiger partial charge is 0.472 e. The van der Waals surface area contributed by atoms with Gasteiger partial charge in [-0.2, -0.15) is 0 Å². The molecule has 0 aromatic heterocycles. The van der Waals surface area contributed by atoms with Crippen LogP contribution in [0.1, 0.15) is 142 Å². The van der Waals surface area contributed by atoms with Gasteiger partial charge in [0.05, 0.1) is 13.2 Å². The van der Waals surface area contributed by atoms with E-state index in [0.29, 0.717) is 19.3 Å². The van der Waals surface area contributed by atoms with Gasteiger partial charge in [-0.25, -0.2) is 4.57 Å². The minimum atomic E-state index is -4.06. The Labute approximate surface area is 223 Å². The van der Waals surface area contributed by atoms with Crippen molar-refractivity contribution in [3.63, 3.8) is 0 Å². The molecule has 0 bridgehead atoms. The molecule has 0 aliphatic rings. The van der Waals surface area contributed by atoms with Crippen LogP contribution < -0.4 is 0 Å². The van der Waals surface area contributed by atoms with Gasteiger partial charge in [-0.05, 0) is 45.8 Å². The lowest BCUT2D eigenvalue weighted by molar-refractivity contribution is -0.120. The number of rotatable bonds is 28. The first-order valence-electron chi connectivity index (χ1n) is 15.1. The van der Waals surface area contributed by atoms with Gasteiger partial charge in [-0.1, -0.05) is 110 Å². The van der Waals surface area contributed by atoms with E-state index in [9.17, 15) is 14.3 Å². The quantitative estimate of drug-likeness (QED) is 0.0800. The highest BCUT2D eigenvalue weighted by Crippen LogP contribution is 2.44. The lowest BCUT2D eigenvalue weighted by atomic mass is 9.95. The van der Waals surface area contributed by atoms with Crippen molar-refractivity contribution in [3.05, 3.63) is 0 Å². The van der Waals surface area contributed by atoms with Gasteiger partial charge in [0.25, 0.3) is 0 Å². The van der Waals surface area contributed by atoms with E-state index in [1.165, 1.54) is 83.5 Å². The SMILES string of the molecule is CCCCCCCCCCCCCCCCCC(COP(=O)(O)OCCCCN(C)C)CC(=O)CC. The topological polar surface area (TPSA) is 76.1 Å². The zero-order valence-corrected chi connectivity index (χ0v) is 25.2. The normalized spacial score (nSPS) is 14.3. The fourth-order valence-corrected chi connectivity index (χ4v) is 5.30. The molecular formula is C29H60NO5P. The summed E-state index contributed by atoms with van der Waals surface area (Å²) in [4.78, 5) is 24.0. The molecule has 7 heteroatoms. The highest BCUT2D eigenvalue weighted by molar-refractivity contribution is 7.47. The third-order valence-electron chi connectivity index (χ3n) is 6.85. The van der Waals surface area contributed by atoms with Crippen molar-refractivity contribution in [3.8, 4) is 0 Å². The number of unbranched alkanes of at least 4 members (excludes halogenated alkanes) is 15. The Morgan fingerprint density at radius 3 is 1.72 bits per heavy atom. The Balaban J connectivity index is 3.89. The first kappa shape index (κ1) is 35.7. The molecule has 0 aromatic rings. The molecule has 36 heavy (non-hydrogen) atoms. The second kappa shape index (κ2) is 25.0. The number of phosphoric acid groups is 1. The molecule has 0 aromatic carbocycles. The molecule has 0 spiro atoms. The van der Waals surface area contributed by atoms with Gasteiger partial charge in [0.2, 0.25) is 0 Å². The van der Waals surface area contributed by atoms with Gasteiger partial charge < -0.3 is 9.79 Å². The highest BCUT2D eigenvalue weighted by Gasteiger charge is 2.24. The standard InChI is InChI=1S/C29H60NO5P/c1-5-7-8-9-10-11-12-13-14-15-16-17-18-19-20-23-28(26-29(31)6-2)27-35-36(32,33)34-25-22-21-24-30(3)4/h28H,5-27H2,1-4H3,(H,32,33). The van der Waals surface area contributed by atoms with Crippen molar-refractivity contribution >= 4 is 13.6 Å². The predicted molar refractivity (Wildman–Crippen MR) is 152 cm³/mol. The fourth-order valence-electron chi connectivity index (χ4n) is 4.46. The number of hydrogen-bond acceptors (Lipinski definition) is 5. The third-order valence-corrected chi connectivity index (χ3v) is 7.84. The van der Waals surface area contributed by atoms with Crippen LogP contribution in [0.15, 0.2) is 0 Å². The summed E-state index contributed by atoms with van der Waals surface area (Å²) in [5, 5.41) is 0. The lowest BCUT2D eigenvalue weighted by Gasteiger charge is -2.19. The summed E-state index contributed by atoms with van der Waals surface area (Å²) in [5.74, 6) is 0.166. The maximum atomic E-state index is 12.2. The molecule has 0 saturated carbocycles. The number of carbonyl (C=O) groups excluding carboxylic acids is 1. The zero-order chi connectivity index (χ0) is 26.9. The van der Waals surface area contributed by atoms with Crippen molar-refractivity contribution in [2.75, 3.05) is 33.9 Å². The first-order valence-corrected chi connectivity index (χ1v) is 16.6. The Morgan fingerprint density at radius 1 is 0.750 bits per heavy atom. The van der Waals surface area contributed by atoms with Crippen LogP contribution in [0.25, 0.3) is 0 Å². The number of phosphoric ester groups is 1. The van der Waals surface area contributed by atoms with E-state index < -0.39 is 7.82 Å². The molecule has 216 valence electrons. The van der Waals surface area contributed by atoms with Crippen LogP contribution in [-0.4, -0.2) is 49.4 Å². The van der Waals surface area contributed by atoms with E-state index >= 15 is 0 Å². The molecule has 1 N–H and O–H groups in total. The molecule has 0 radical (unpaired) electrons. The number of ketones is 1. The summed E-state index contributed by atoms with van der Waals surface area (Å²) < 4.78 is 22.6. The summed E-state index contributed by atoms with van der Waals surface area (Å²) in [7, 11) is -0.0671. The molecule has 0 fully saturated rings. The Kier molecular flexibility index (Phi) is 24.9. The van der Waals surface area contributed by atoms with Gasteiger partial charge >= 0.3 is 7.82 Å². The summed E-state index contributed by atoms with van der Waals surface area (Å²) in [5.41, 5.74) is 0. The third kappa shape index (κ3) is 25.4. The first-order chi connectivity index (χ1) is 17.3. The Bertz CT molecular complexity index is 544. The number of carbonyl (C=O) groups is 1. The van der Waals surface area contributed by atoms with Crippen molar-refractivity contribution in [1.82, 2.24) is 4.90 Å². The maximum Gasteiger partial charge on any atom is 0.472 e. The molecule has 2 unspecified atom stereocenters. The van der Waals surface area contributed by atoms with Crippen molar-refractivity contribution in [1.29, 1.82) is 0 Å². The van der Waals surface area contributed by atoms with Crippen LogP contribution in [0.5, 0.6) is 0 Å². The smallest absolute Gasteiger partial charge is 0.309 e. The van der Waals surface area contributed by atoms with Crippen LogP contribution >= 0.6 is 7.82 Å². The second-order valence-electron chi connectivity index (χ2n) is 10.8.